The lowest BCUT2D eigenvalue weighted by atomic mass is 9.93. The van der Waals surface area contributed by atoms with E-state index in [1.54, 1.807) is 13.0 Å². The summed E-state index contributed by atoms with van der Waals surface area (Å²) < 4.78 is 6.73. The molecule has 2 fully saturated rings. The molecule has 5 aromatic rings. The fourth-order valence-electron chi connectivity index (χ4n) is 9.51. The molecule has 17 nitrogen and oxygen atoms in total. The quantitative estimate of drug-likeness (QED) is 0.0248. The molecule has 3 heterocycles. The molecule has 7 N–H and O–H groups in total. The minimum absolute atomic E-state index is 0.00286. The number of phenolic OH excluding ortho intramolecular Hbond substituents is 2. The number of Topliss-reactive ketones (excluding diaryl/α,β-unsaturated/α-hetero) is 1. The summed E-state index contributed by atoms with van der Waals surface area (Å²) >= 11 is 0. The van der Waals surface area contributed by atoms with Crippen LogP contribution in [0.4, 0.5) is 0 Å². The molecule has 4 aromatic carbocycles. The summed E-state index contributed by atoms with van der Waals surface area (Å²) in [5.74, 6) is -0.352. The molecule has 2 aliphatic heterocycles. The van der Waals surface area contributed by atoms with Gasteiger partial charge in [-0.15, -0.1) is 0 Å². The van der Waals surface area contributed by atoms with Gasteiger partial charge in [0.1, 0.15) is 29.2 Å². The van der Waals surface area contributed by atoms with E-state index in [1.165, 1.54) is 16.2 Å². The summed E-state index contributed by atoms with van der Waals surface area (Å²) in [6, 6.07) is 28.1. The number of aromatic nitrogens is 3. The number of aromatic amines is 1. The number of benzene rings is 4. The van der Waals surface area contributed by atoms with Crippen molar-refractivity contribution in [3.05, 3.63) is 130 Å². The molecule has 5 atom stereocenters. The Bertz CT molecular complexity index is 2760. The number of phenols is 2. The van der Waals surface area contributed by atoms with Crippen molar-refractivity contribution in [2.24, 2.45) is 17.8 Å². The third kappa shape index (κ3) is 16.4. The Morgan fingerprint density at radius 2 is 1.34 bits per heavy atom. The van der Waals surface area contributed by atoms with Gasteiger partial charge in [0, 0.05) is 31.0 Å². The van der Waals surface area contributed by atoms with Gasteiger partial charge in [-0.3, -0.25) is 28.9 Å². The number of nitrogens with one attached hydrogen (secondary N) is 5. The van der Waals surface area contributed by atoms with Crippen LogP contribution in [0.2, 0.25) is 0 Å². The van der Waals surface area contributed by atoms with E-state index in [2.05, 4.69) is 55.4 Å². The largest absolute Gasteiger partial charge is 0.508 e. The van der Waals surface area contributed by atoms with Crippen molar-refractivity contribution < 1.29 is 38.9 Å². The lowest BCUT2D eigenvalue weighted by Crippen LogP contribution is -2.57. The number of piperidine rings is 1. The van der Waals surface area contributed by atoms with Gasteiger partial charge in [-0.05, 0) is 124 Å². The summed E-state index contributed by atoms with van der Waals surface area (Å²) in [6.45, 7) is 18.3. The molecular weight excluding hydrogens is 965 g/mol. The van der Waals surface area contributed by atoms with E-state index in [0.717, 1.165) is 56.4 Å². The van der Waals surface area contributed by atoms with E-state index >= 15 is 0 Å². The monoisotopic (exact) mass is 1040 g/mol. The average Bonchev–Trinajstić information content (AvgIpc) is 4.06. The van der Waals surface area contributed by atoms with Gasteiger partial charge in [-0.25, -0.2) is 14.5 Å². The van der Waals surface area contributed by atoms with Crippen LogP contribution in [0.3, 0.4) is 0 Å². The van der Waals surface area contributed by atoms with Crippen LogP contribution in [-0.4, -0.2) is 109 Å². The number of epoxide rings is 1. The van der Waals surface area contributed by atoms with Crippen LogP contribution in [0, 0.1) is 17.8 Å². The van der Waals surface area contributed by atoms with Gasteiger partial charge < -0.3 is 36.2 Å². The number of likely N-dealkylation sites (tertiary alicyclic amines) is 1. The van der Waals surface area contributed by atoms with Gasteiger partial charge in [0.2, 0.25) is 24.1 Å². The summed E-state index contributed by atoms with van der Waals surface area (Å²) in [5.41, 5.74) is 3.62. The molecule has 2 aliphatic rings. The number of amides is 4. The standard InChI is InChI=1S/C34H41N5O4.C25H37N3O5/c1-22(2)28-19-29(31(41)20-30(28)40)32-36-37-34(43)39(32)27-13-11-25(12-14-27)21-38-17-15-26(16-18-38)33(42)35-23(3)9-10-24-7-5-4-6-8-24;1-16(2)11-19(22(30)25(5)14-33-25)27-24(32)21(13-18-9-7-6-8-10-18)28-23(31)20(26-15-29)12-17(3)4/h4-8,11-14,19-20,22-23,26,40-41H,9-10,15-18,21H2,1-3H3,(H,35,42)(H,37,43);6-10,15-17,19-21H,11-14H2,1-5H3,(H,26,29)(H,27,32)(H,28,31). The minimum Gasteiger partial charge on any atom is -0.508 e. The van der Waals surface area contributed by atoms with Crippen LogP contribution >= 0.6 is 0 Å². The Morgan fingerprint density at radius 1 is 0.763 bits per heavy atom. The maximum atomic E-state index is 13.3. The van der Waals surface area contributed by atoms with Crippen LogP contribution in [0.25, 0.3) is 17.1 Å². The lowest BCUT2D eigenvalue weighted by molar-refractivity contribution is -0.134. The molecular formula is C59H78N8O9. The Labute approximate surface area is 446 Å². The van der Waals surface area contributed by atoms with E-state index in [4.69, 9.17) is 4.74 Å². The molecule has 76 heavy (non-hydrogen) atoms. The molecule has 0 bridgehead atoms. The zero-order valence-corrected chi connectivity index (χ0v) is 45.3. The Kier molecular flexibility index (Phi) is 20.7. The van der Waals surface area contributed by atoms with E-state index in [9.17, 15) is 39.0 Å². The highest BCUT2D eigenvalue weighted by Crippen LogP contribution is 2.37. The third-order valence-corrected chi connectivity index (χ3v) is 14.0. The first-order chi connectivity index (χ1) is 36.2. The molecule has 7 rings (SSSR count). The number of carbonyl (C=O) groups is 5. The highest BCUT2D eigenvalue weighted by Gasteiger charge is 2.50. The lowest BCUT2D eigenvalue weighted by Gasteiger charge is -2.32. The molecule has 17 heteroatoms. The third-order valence-electron chi connectivity index (χ3n) is 14.0. The van der Waals surface area contributed by atoms with Crippen LogP contribution in [0.1, 0.15) is 116 Å². The first-order valence-corrected chi connectivity index (χ1v) is 26.7. The molecule has 0 saturated carbocycles. The molecule has 1 aromatic heterocycles. The zero-order valence-electron chi connectivity index (χ0n) is 45.3. The van der Waals surface area contributed by atoms with Crippen LogP contribution < -0.4 is 27.0 Å². The fourth-order valence-corrected chi connectivity index (χ4v) is 9.51. The Balaban J connectivity index is 0.000000256. The van der Waals surface area contributed by atoms with Gasteiger partial charge in [0.25, 0.3) is 0 Å². The highest BCUT2D eigenvalue weighted by molar-refractivity contribution is 5.98. The van der Waals surface area contributed by atoms with Crippen molar-refractivity contribution in [3.8, 4) is 28.6 Å². The molecule has 0 radical (unpaired) electrons. The summed E-state index contributed by atoms with van der Waals surface area (Å²) in [6.07, 6.45) is 5.19. The van der Waals surface area contributed by atoms with Gasteiger partial charge in [0.05, 0.1) is 23.9 Å². The predicted octanol–water partition coefficient (Wildman–Crippen LogP) is 6.88. The molecule has 0 spiro atoms. The Hall–Kier alpha value is -7.11. The van der Waals surface area contributed by atoms with E-state index < -0.39 is 41.2 Å². The number of nitrogens with zero attached hydrogens (tertiary/aromatic N) is 3. The average molecular weight is 1040 g/mol. The normalized spacial score (nSPS) is 17.2. The van der Waals surface area contributed by atoms with Crippen molar-refractivity contribution in [2.75, 3.05) is 19.7 Å². The number of hydrogen-bond acceptors (Lipinski definition) is 11. The number of ketones is 1. The van der Waals surface area contributed by atoms with E-state index in [1.807, 2.05) is 114 Å². The number of carbonyl (C=O) groups excluding carboxylic acids is 5. The molecule has 408 valence electrons. The minimum atomic E-state index is -0.904. The van der Waals surface area contributed by atoms with Crippen molar-refractivity contribution in [3.63, 3.8) is 0 Å². The van der Waals surface area contributed by atoms with Gasteiger partial charge in [0.15, 0.2) is 11.6 Å². The number of aromatic hydroxyl groups is 2. The summed E-state index contributed by atoms with van der Waals surface area (Å²) in [7, 11) is 0. The van der Waals surface area contributed by atoms with Gasteiger partial charge in [-0.2, -0.15) is 5.10 Å². The zero-order chi connectivity index (χ0) is 55.1. The number of H-pyrrole nitrogens is 1. The molecule has 5 unspecified atom stereocenters. The van der Waals surface area contributed by atoms with E-state index in [-0.39, 0.29) is 65.1 Å². The molecule has 0 aliphatic carbocycles. The van der Waals surface area contributed by atoms with Gasteiger partial charge in [-0.1, -0.05) is 114 Å². The maximum absolute atomic E-state index is 13.3. The number of ether oxygens (including phenoxy) is 1. The van der Waals surface area contributed by atoms with Crippen molar-refractivity contribution in [2.45, 2.75) is 143 Å². The van der Waals surface area contributed by atoms with Crippen molar-refractivity contribution >= 4 is 29.9 Å². The second-order valence-electron chi connectivity index (χ2n) is 21.7. The van der Waals surface area contributed by atoms with Crippen LogP contribution in [0.15, 0.2) is 102 Å². The highest BCUT2D eigenvalue weighted by atomic mass is 16.6. The van der Waals surface area contributed by atoms with Crippen LogP contribution in [-0.2, 0) is 48.1 Å². The topological polar surface area (TPSA) is 240 Å². The van der Waals surface area contributed by atoms with Crippen molar-refractivity contribution in [1.82, 2.24) is 40.9 Å². The van der Waals surface area contributed by atoms with Gasteiger partial charge >= 0.3 is 5.69 Å². The maximum Gasteiger partial charge on any atom is 0.348 e. The number of hydrogen-bond donors (Lipinski definition) is 7. The summed E-state index contributed by atoms with van der Waals surface area (Å²) in [5, 5.41) is 38.9. The number of rotatable bonds is 24. The first kappa shape index (κ1) is 58.2. The van der Waals surface area contributed by atoms with Crippen molar-refractivity contribution in [1.29, 1.82) is 0 Å². The van der Waals surface area contributed by atoms with E-state index in [0.29, 0.717) is 42.7 Å². The summed E-state index contributed by atoms with van der Waals surface area (Å²) in [4.78, 5) is 78.2. The molecule has 2 saturated heterocycles. The number of aryl methyl sites for hydroxylation is 1. The first-order valence-electron chi connectivity index (χ1n) is 26.7. The smallest absolute Gasteiger partial charge is 0.348 e. The SMILES string of the molecule is CC(C)CC(NC=O)C(=O)NC(Cc1ccccc1)C(=O)NC(CC(C)C)C(=O)C1(C)CO1.CC(CCc1ccccc1)NC(=O)C1CCN(Cc2ccc(-n3c(-c4cc(C(C)C)c(O)cc4O)n[nH]c3=O)cc2)CC1. The second-order valence-corrected chi connectivity index (χ2v) is 21.7. The second kappa shape index (κ2) is 27.1. The Morgan fingerprint density at radius 3 is 1.92 bits per heavy atom. The fraction of sp³-hybridized carbons (Fsp3) is 0.475. The molecule has 4 amide bonds. The predicted molar refractivity (Wildman–Crippen MR) is 293 cm³/mol. The van der Waals surface area contributed by atoms with Crippen LogP contribution in [0.5, 0.6) is 11.5 Å².